The van der Waals surface area contributed by atoms with E-state index in [0.29, 0.717) is 17.5 Å². The topological polar surface area (TPSA) is 56.7 Å². The minimum absolute atomic E-state index is 0.595. The van der Waals surface area contributed by atoms with Crippen molar-refractivity contribution in [2.24, 2.45) is 0 Å². The fourth-order valence-corrected chi connectivity index (χ4v) is 9.40. The zero-order valence-corrected chi connectivity index (χ0v) is 30.1. The van der Waals surface area contributed by atoms with Crippen molar-refractivity contribution in [2.45, 2.75) is 0 Å². The first kappa shape index (κ1) is 30.3. The first-order valence-corrected chi connectivity index (χ1v) is 19.2. The van der Waals surface area contributed by atoms with Crippen molar-refractivity contribution in [3.63, 3.8) is 0 Å². The van der Waals surface area contributed by atoms with Gasteiger partial charge in [-0.15, -0.1) is 11.3 Å². The minimum atomic E-state index is 0.595. The van der Waals surface area contributed by atoms with Crippen molar-refractivity contribution in [1.82, 2.24) is 19.5 Å². The van der Waals surface area contributed by atoms with Crippen LogP contribution >= 0.6 is 11.3 Å². The maximum Gasteiger partial charge on any atom is 0.164 e. The molecule has 0 radical (unpaired) electrons. The van der Waals surface area contributed by atoms with Crippen LogP contribution in [0.25, 0.3) is 115 Å². The van der Waals surface area contributed by atoms with Crippen LogP contribution in [0.2, 0.25) is 0 Å². The Morgan fingerprint density at radius 2 is 1.05 bits per heavy atom. The Bertz CT molecular complexity index is 3430. The third kappa shape index (κ3) is 4.62. The standard InChI is InChI=1S/C49H28N4OS/c1-3-13-29(14-4-1)47-50-48(30-15-5-2-6-16-30)52-49(51-47)33-26-38-37-25-31-17-7-8-18-32(31)28-41(37)54-46(38)40(27-33)53-39-21-11-9-19-34(39)35-23-24-43-44(45(35)53)36-20-10-12-22-42(36)55-43/h1-28H. The van der Waals surface area contributed by atoms with Gasteiger partial charge in [0.25, 0.3) is 0 Å². The SMILES string of the molecule is c1ccc(-c2nc(-c3ccccc3)nc(-c3cc(-n4c5ccccc5c5ccc6sc7ccccc7c6c54)c4oc5cc6ccccc6cc5c4c3)n2)cc1. The fourth-order valence-electron chi connectivity index (χ4n) is 8.29. The number of aromatic nitrogens is 4. The van der Waals surface area contributed by atoms with Gasteiger partial charge in [-0.1, -0.05) is 127 Å². The summed E-state index contributed by atoms with van der Waals surface area (Å²) in [6, 6.07) is 59.5. The Labute approximate surface area is 318 Å². The van der Waals surface area contributed by atoms with E-state index >= 15 is 0 Å². The molecule has 0 aliphatic carbocycles. The molecule has 6 heteroatoms. The van der Waals surface area contributed by atoms with Gasteiger partial charge in [0.15, 0.2) is 23.1 Å². The van der Waals surface area contributed by atoms with Gasteiger partial charge in [-0.3, -0.25) is 0 Å². The van der Waals surface area contributed by atoms with E-state index in [1.807, 2.05) is 72.0 Å². The largest absolute Gasteiger partial charge is 0.454 e. The fraction of sp³-hybridized carbons (Fsp3) is 0. The molecule has 8 aromatic carbocycles. The van der Waals surface area contributed by atoms with E-state index in [4.69, 9.17) is 19.4 Å². The number of fused-ring (bicyclic) bond motifs is 11. The third-order valence-electron chi connectivity index (χ3n) is 10.8. The number of para-hydroxylation sites is 1. The Kier molecular flexibility index (Phi) is 6.44. The van der Waals surface area contributed by atoms with Gasteiger partial charge in [-0.25, -0.2) is 15.0 Å². The minimum Gasteiger partial charge on any atom is -0.454 e. The molecule has 0 saturated carbocycles. The van der Waals surface area contributed by atoms with Gasteiger partial charge in [0, 0.05) is 58.4 Å². The smallest absolute Gasteiger partial charge is 0.164 e. The van der Waals surface area contributed by atoms with Gasteiger partial charge < -0.3 is 8.98 Å². The molecule has 4 heterocycles. The molecular weight excluding hydrogens is 693 g/mol. The highest BCUT2D eigenvalue weighted by atomic mass is 32.1. The van der Waals surface area contributed by atoms with Crippen molar-refractivity contribution < 1.29 is 4.42 Å². The van der Waals surface area contributed by atoms with Crippen LogP contribution in [-0.4, -0.2) is 19.5 Å². The molecule has 0 amide bonds. The monoisotopic (exact) mass is 720 g/mol. The predicted molar refractivity (Wildman–Crippen MR) is 228 cm³/mol. The highest BCUT2D eigenvalue weighted by molar-refractivity contribution is 7.26. The Balaban J connectivity index is 1.25. The van der Waals surface area contributed by atoms with Crippen LogP contribution < -0.4 is 0 Å². The van der Waals surface area contributed by atoms with E-state index in [-0.39, 0.29) is 0 Å². The maximum absolute atomic E-state index is 7.00. The summed E-state index contributed by atoms with van der Waals surface area (Å²) in [5, 5.41) is 9.22. The lowest BCUT2D eigenvalue weighted by molar-refractivity contribution is 0.667. The van der Waals surface area contributed by atoms with E-state index < -0.39 is 0 Å². The Hall–Kier alpha value is -7.15. The van der Waals surface area contributed by atoms with E-state index in [0.717, 1.165) is 66.1 Å². The molecule has 55 heavy (non-hydrogen) atoms. The van der Waals surface area contributed by atoms with Crippen LogP contribution in [-0.2, 0) is 0 Å². The van der Waals surface area contributed by atoms with Gasteiger partial charge in [0.2, 0.25) is 0 Å². The predicted octanol–water partition coefficient (Wildman–Crippen LogP) is 13.4. The summed E-state index contributed by atoms with van der Waals surface area (Å²) >= 11 is 1.83. The van der Waals surface area contributed by atoms with Crippen LogP contribution in [0, 0.1) is 0 Å². The maximum atomic E-state index is 7.00. The second-order valence-electron chi connectivity index (χ2n) is 14.0. The normalized spacial score (nSPS) is 12.0. The van der Waals surface area contributed by atoms with Crippen molar-refractivity contribution in [3.8, 4) is 39.9 Å². The summed E-state index contributed by atoms with van der Waals surface area (Å²) in [7, 11) is 0. The molecule has 256 valence electrons. The number of hydrogen-bond acceptors (Lipinski definition) is 5. The Morgan fingerprint density at radius 3 is 1.80 bits per heavy atom. The van der Waals surface area contributed by atoms with Crippen LogP contribution in [0.4, 0.5) is 0 Å². The number of rotatable bonds is 4. The molecular formula is C49H28N4OS. The van der Waals surface area contributed by atoms with E-state index in [1.165, 1.54) is 30.9 Å². The van der Waals surface area contributed by atoms with Crippen molar-refractivity contribution in [2.75, 3.05) is 0 Å². The van der Waals surface area contributed by atoms with Crippen molar-refractivity contribution in [3.05, 3.63) is 170 Å². The van der Waals surface area contributed by atoms with Crippen LogP contribution in [0.3, 0.4) is 0 Å². The number of furan rings is 1. The summed E-state index contributed by atoms with van der Waals surface area (Å²) in [6.07, 6.45) is 0. The first-order valence-electron chi connectivity index (χ1n) is 18.4. The van der Waals surface area contributed by atoms with E-state index in [1.54, 1.807) is 0 Å². The summed E-state index contributed by atoms with van der Waals surface area (Å²) < 4.78 is 11.9. The molecule has 12 rings (SSSR count). The zero-order valence-electron chi connectivity index (χ0n) is 29.3. The lowest BCUT2D eigenvalue weighted by Gasteiger charge is -2.13. The summed E-state index contributed by atoms with van der Waals surface area (Å²) in [5.74, 6) is 1.84. The number of thiophene rings is 1. The molecule has 0 unspecified atom stereocenters. The second-order valence-corrected chi connectivity index (χ2v) is 15.1. The van der Waals surface area contributed by atoms with Gasteiger partial charge in [-0.2, -0.15) is 0 Å². The molecule has 0 bridgehead atoms. The zero-order chi connectivity index (χ0) is 36.0. The highest BCUT2D eigenvalue weighted by Crippen LogP contribution is 2.46. The first-order chi connectivity index (χ1) is 27.2. The molecule has 0 saturated heterocycles. The average molecular weight is 721 g/mol. The van der Waals surface area contributed by atoms with Crippen LogP contribution in [0.5, 0.6) is 0 Å². The molecule has 0 fully saturated rings. The average Bonchev–Trinajstić information content (AvgIpc) is 3.92. The third-order valence-corrected chi connectivity index (χ3v) is 11.9. The quantitative estimate of drug-likeness (QED) is 0.182. The van der Waals surface area contributed by atoms with Crippen molar-refractivity contribution in [1.29, 1.82) is 0 Å². The highest BCUT2D eigenvalue weighted by Gasteiger charge is 2.24. The lowest BCUT2D eigenvalue weighted by atomic mass is 10.0. The number of hydrogen-bond donors (Lipinski definition) is 0. The molecule has 0 aliphatic heterocycles. The van der Waals surface area contributed by atoms with E-state index in [9.17, 15) is 0 Å². The van der Waals surface area contributed by atoms with Crippen LogP contribution in [0.15, 0.2) is 174 Å². The van der Waals surface area contributed by atoms with Crippen LogP contribution in [0.1, 0.15) is 0 Å². The summed E-state index contributed by atoms with van der Waals surface area (Å²) in [6.45, 7) is 0. The summed E-state index contributed by atoms with van der Waals surface area (Å²) in [5.41, 5.74) is 7.59. The van der Waals surface area contributed by atoms with Gasteiger partial charge >= 0.3 is 0 Å². The molecule has 0 atom stereocenters. The molecule has 5 nitrogen and oxygen atoms in total. The molecule has 12 aromatic rings. The molecule has 4 aromatic heterocycles. The number of nitrogens with zero attached hydrogens (tertiary/aromatic N) is 4. The Morgan fingerprint density at radius 1 is 0.436 bits per heavy atom. The molecule has 0 aliphatic rings. The number of benzene rings is 8. The van der Waals surface area contributed by atoms with E-state index in [2.05, 4.69) is 114 Å². The lowest BCUT2D eigenvalue weighted by Crippen LogP contribution is -2.01. The van der Waals surface area contributed by atoms with Gasteiger partial charge in [-0.05, 0) is 53.2 Å². The van der Waals surface area contributed by atoms with Gasteiger partial charge in [0.05, 0.1) is 16.7 Å². The second kappa shape index (κ2) is 11.7. The molecule has 0 spiro atoms. The summed E-state index contributed by atoms with van der Waals surface area (Å²) in [4.78, 5) is 15.4. The van der Waals surface area contributed by atoms with Gasteiger partial charge in [0.1, 0.15) is 5.58 Å². The van der Waals surface area contributed by atoms with Crippen molar-refractivity contribution >= 4 is 86.0 Å². The molecule has 0 N–H and O–H groups in total.